The minimum absolute atomic E-state index is 0.358. The van der Waals surface area contributed by atoms with Gasteiger partial charge in [-0.1, -0.05) is 42.5 Å². The number of aliphatic hydroxyl groups excluding tert-OH is 1. The summed E-state index contributed by atoms with van der Waals surface area (Å²) in [7, 11) is 4.14. The zero-order chi connectivity index (χ0) is 19.8. The molecule has 0 saturated carbocycles. The molecule has 1 N–H and O–H groups in total. The first kappa shape index (κ1) is 20.8. The van der Waals surface area contributed by atoms with Gasteiger partial charge in [0.25, 0.3) is 0 Å². The Labute approximate surface area is 170 Å². The van der Waals surface area contributed by atoms with E-state index in [1.807, 2.05) is 0 Å². The zero-order valence-electron chi connectivity index (χ0n) is 17.4. The third-order valence-corrected chi connectivity index (χ3v) is 5.66. The van der Waals surface area contributed by atoms with Gasteiger partial charge < -0.3 is 14.9 Å². The van der Waals surface area contributed by atoms with Crippen LogP contribution in [0.3, 0.4) is 0 Å². The van der Waals surface area contributed by atoms with E-state index in [9.17, 15) is 5.11 Å². The lowest BCUT2D eigenvalue weighted by Crippen LogP contribution is -2.47. The summed E-state index contributed by atoms with van der Waals surface area (Å²) in [6.07, 6.45) is 2.60. The van der Waals surface area contributed by atoms with E-state index in [-0.39, 0.29) is 6.10 Å². The average Bonchev–Trinajstić information content (AvgIpc) is 2.73. The maximum Gasteiger partial charge on any atom is 0.0790 e. The molecule has 1 fully saturated rings. The van der Waals surface area contributed by atoms with Crippen molar-refractivity contribution < 1.29 is 5.11 Å². The van der Waals surface area contributed by atoms with Crippen molar-refractivity contribution in [1.82, 2.24) is 9.80 Å². The van der Waals surface area contributed by atoms with Crippen LogP contribution in [0.2, 0.25) is 0 Å². The Morgan fingerprint density at radius 3 is 2.25 bits per heavy atom. The monoisotopic (exact) mass is 381 g/mol. The van der Waals surface area contributed by atoms with Gasteiger partial charge in [-0.05, 0) is 63.2 Å². The quantitative estimate of drug-likeness (QED) is 0.721. The minimum atomic E-state index is -0.358. The van der Waals surface area contributed by atoms with Gasteiger partial charge in [-0.25, -0.2) is 0 Å². The van der Waals surface area contributed by atoms with E-state index in [0.717, 1.165) is 64.1 Å². The predicted molar refractivity (Wildman–Crippen MR) is 118 cm³/mol. The summed E-state index contributed by atoms with van der Waals surface area (Å²) in [6.45, 7) is 6.52. The van der Waals surface area contributed by atoms with Crippen LogP contribution in [0, 0.1) is 0 Å². The van der Waals surface area contributed by atoms with E-state index in [1.165, 1.54) is 11.3 Å². The molecule has 2 aromatic rings. The van der Waals surface area contributed by atoms with Gasteiger partial charge >= 0.3 is 0 Å². The number of aliphatic hydroxyl groups is 1. The van der Waals surface area contributed by atoms with Gasteiger partial charge in [0.05, 0.1) is 6.10 Å². The highest BCUT2D eigenvalue weighted by molar-refractivity contribution is 5.48. The van der Waals surface area contributed by atoms with Crippen LogP contribution in [0.5, 0.6) is 0 Å². The molecule has 0 spiro atoms. The molecule has 0 radical (unpaired) electrons. The number of hydrogen-bond donors (Lipinski definition) is 1. The van der Waals surface area contributed by atoms with Crippen molar-refractivity contribution in [2.45, 2.75) is 25.4 Å². The molecule has 3 rings (SSSR count). The molecule has 1 atom stereocenters. The van der Waals surface area contributed by atoms with E-state index in [2.05, 4.69) is 83.4 Å². The van der Waals surface area contributed by atoms with Crippen molar-refractivity contribution >= 4 is 5.69 Å². The molecule has 1 heterocycles. The molecule has 1 saturated heterocycles. The van der Waals surface area contributed by atoms with Crippen LogP contribution in [0.15, 0.2) is 54.6 Å². The fourth-order valence-electron chi connectivity index (χ4n) is 3.84. The lowest BCUT2D eigenvalue weighted by Gasteiger charge is -2.36. The van der Waals surface area contributed by atoms with Gasteiger partial charge in [-0.15, -0.1) is 0 Å². The molecule has 0 bridgehead atoms. The highest BCUT2D eigenvalue weighted by Crippen LogP contribution is 2.23. The van der Waals surface area contributed by atoms with Gasteiger partial charge in [-0.3, -0.25) is 4.90 Å². The summed E-state index contributed by atoms with van der Waals surface area (Å²) >= 11 is 0. The van der Waals surface area contributed by atoms with E-state index >= 15 is 0 Å². The largest absolute Gasteiger partial charge is 0.388 e. The van der Waals surface area contributed by atoms with Crippen molar-refractivity contribution in [3.05, 3.63) is 65.7 Å². The molecule has 1 unspecified atom stereocenters. The molecule has 4 nitrogen and oxygen atoms in total. The number of hydrogen-bond acceptors (Lipinski definition) is 4. The second kappa shape index (κ2) is 10.6. The Morgan fingerprint density at radius 1 is 0.929 bits per heavy atom. The number of rotatable bonds is 9. The molecule has 1 aliphatic rings. The Hall–Kier alpha value is -1.88. The lowest BCUT2D eigenvalue weighted by atomic mass is 10.0. The van der Waals surface area contributed by atoms with Crippen LogP contribution in [-0.2, 0) is 6.42 Å². The summed E-state index contributed by atoms with van der Waals surface area (Å²) < 4.78 is 0. The second-order valence-electron chi connectivity index (χ2n) is 8.12. The van der Waals surface area contributed by atoms with Crippen LogP contribution >= 0.6 is 0 Å². The van der Waals surface area contributed by atoms with E-state index in [0.29, 0.717) is 0 Å². The fraction of sp³-hybridized carbons (Fsp3) is 0.500. The number of benzene rings is 2. The summed E-state index contributed by atoms with van der Waals surface area (Å²) in [5.41, 5.74) is 3.72. The summed E-state index contributed by atoms with van der Waals surface area (Å²) in [4.78, 5) is 7.18. The number of piperazine rings is 1. The SMILES string of the molecule is CN(C)CCCC(O)c1ccc(N2CCN(CCc3ccccc3)CC2)cc1. The smallest absolute Gasteiger partial charge is 0.0790 e. The first-order chi connectivity index (χ1) is 13.6. The van der Waals surface area contributed by atoms with Crippen LogP contribution in [0.4, 0.5) is 5.69 Å². The zero-order valence-corrected chi connectivity index (χ0v) is 17.4. The molecule has 0 amide bonds. The van der Waals surface area contributed by atoms with Crippen molar-refractivity contribution in [2.24, 2.45) is 0 Å². The topological polar surface area (TPSA) is 30.0 Å². The van der Waals surface area contributed by atoms with Crippen LogP contribution in [-0.4, -0.2) is 68.3 Å². The van der Waals surface area contributed by atoms with Crippen LogP contribution in [0.1, 0.15) is 30.1 Å². The molecule has 0 aliphatic carbocycles. The van der Waals surface area contributed by atoms with Crippen LogP contribution < -0.4 is 4.90 Å². The van der Waals surface area contributed by atoms with Crippen LogP contribution in [0.25, 0.3) is 0 Å². The highest BCUT2D eigenvalue weighted by atomic mass is 16.3. The predicted octanol–water partition coefficient (Wildman–Crippen LogP) is 3.43. The third-order valence-electron chi connectivity index (χ3n) is 5.66. The molecule has 4 heteroatoms. The van der Waals surface area contributed by atoms with Crippen molar-refractivity contribution in [1.29, 1.82) is 0 Å². The molecular formula is C24H35N3O. The van der Waals surface area contributed by atoms with E-state index < -0.39 is 0 Å². The van der Waals surface area contributed by atoms with Gasteiger partial charge in [0, 0.05) is 38.4 Å². The maximum atomic E-state index is 10.4. The average molecular weight is 382 g/mol. The summed E-state index contributed by atoms with van der Waals surface area (Å²) in [6, 6.07) is 19.3. The standard InChI is InChI=1S/C24H35N3O/c1-25(2)15-6-9-24(28)22-10-12-23(13-11-22)27-19-17-26(18-20-27)16-14-21-7-4-3-5-8-21/h3-5,7-8,10-13,24,28H,6,9,14-20H2,1-2H3. The number of anilines is 1. The maximum absolute atomic E-state index is 10.4. The first-order valence-electron chi connectivity index (χ1n) is 10.6. The molecule has 2 aromatic carbocycles. The fourth-order valence-corrected chi connectivity index (χ4v) is 3.84. The minimum Gasteiger partial charge on any atom is -0.388 e. The van der Waals surface area contributed by atoms with Gasteiger partial charge in [-0.2, -0.15) is 0 Å². The second-order valence-corrected chi connectivity index (χ2v) is 8.12. The summed E-state index contributed by atoms with van der Waals surface area (Å²) in [5, 5.41) is 10.4. The Kier molecular flexibility index (Phi) is 7.90. The number of nitrogens with zero attached hydrogens (tertiary/aromatic N) is 3. The van der Waals surface area contributed by atoms with Gasteiger partial charge in [0.15, 0.2) is 0 Å². The first-order valence-corrected chi connectivity index (χ1v) is 10.6. The molecule has 1 aliphatic heterocycles. The Morgan fingerprint density at radius 2 is 1.61 bits per heavy atom. The Balaban J connectivity index is 1.42. The molecule has 152 valence electrons. The lowest BCUT2D eigenvalue weighted by molar-refractivity contribution is 0.160. The molecule has 28 heavy (non-hydrogen) atoms. The third kappa shape index (κ3) is 6.33. The Bertz CT molecular complexity index is 679. The van der Waals surface area contributed by atoms with Crippen molar-refractivity contribution in [3.63, 3.8) is 0 Å². The van der Waals surface area contributed by atoms with E-state index in [1.54, 1.807) is 0 Å². The normalized spacial score (nSPS) is 16.5. The molecular weight excluding hydrogens is 346 g/mol. The summed E-state index contributed by atoms with van der Waals surface area (Å²) in [5.74, 6) is 0. The highest BCUT2D eigenvalue weighted by Gasteiger charge is 2.17. The van der Waals surface area contributed by atoms with Crippen molar-refractivity contribution in [3.8, 4) is 0 Å². The van der Waals surface area contributed by atoms with E-state index in [4.69, 9.17) is 0 Å². The van der Waals surface area contributed by atoms with Gasteiger partial charge in [0.1, 0.15) is 0 Å². The molecule has 0 aromatic heterocycles. The van der Waals surface area contributed by atoms with Crippen molar-refractivity contribution in [2.75, 3.05) is 58.3 Å². The van der Waals surface area contributed by atoms with Gasteiger partial charge in [0.2, 0.25) is 0 Å².